The molecule has 6 heteroatoms. The topological polar surface area (TPSA) is 82.3 Å². The average Bonchev–Trinajstić information content (AvgIpc) is 2.46. The maximum Gasteiger partial charge on any atom is 0.255 e. The van der Waals surface area contributed by atoms with Gasteiger partial charge in [0.1, 0.15) is 0 Å². The van der Waals surface area contributed by atoms with E-state index >= 15 is 0 Å². The zero-order valence-corrected chi connectivity index (χ0v) is 10.6. The molecule has 6 nitrogen and oxygen atoms in total. The van der Waals surface area contributed by atoms with Crippen LogP contribution in [0.4, 0.5) is 0 Å². The molecular weight excluding hydrogens is 232 g/mol. The first-order valence-electron chi connectivity index (χ1n) is 6.84. The first-order chi connectivity index (χ1) is 8.77. The molecule has 2 amide bonds. The molecule has 2 rings (SSSR count). The molecular formula is C12H22N4O2. The lowest BCUT2D eigenvalue weighted by Gasteiger charge is -2.25. The van der Waals surface area contributed by atoms with Crippen molar-refractivity contribution >= 4 is 11.8 Å². The SMILES string of the molecule is O=C(NNC(=O)C1CCCCN1)C1CCCCN1. The lowest BCUT2D eigenvalue weighted by molar-refractivity contribution is -0.131. The van der Waals surface area contributed by atoms with Gasteiger partial charge in [0, 0.05) is 0 Å². The van der Waals surface area contributed by atoms with E-state index < -0.39 is 0 Å². The number of amides is 2. The van der Waals surface area contributed by atoms with E-state index in [1.165, 1.54) is 0 Å². The van der Waals surface area contributed by atoms with Crippen molar-refractivity contribution in [3.05, 3.63) is 0 Å². The molecule has 4 N–H and O–H groups in total. The van der Waals surface area contributed by atoms with Crippen LogP contribution in [-0.2, 0) is 9.59 Å². The number of nitrogens with one attached hydrogen (secondary N) is 4. The second kappa shape index (κ2) is 6.70. The smallest absolute Gasteiger partial charge is 0.255 e. The van der Waals surface area contributed by atoms with E-state index in [1.54, 1.807) is 0 Å². The summed E-state index contributed by atoms with van der Waals surface area (Å²) >= 11 is 0. The van der Waals surface area contributed by atoms with E-state index in [4.69, 9.17) is 0 Å². The predicted molar refractivity (Wildman–Crippen MR) is 67.6 cm³/mol. The number of hydrogen-bond acceptors (Lipinski definition) is 4. The zero-order chi connectivity index (χ0) is 12.8. The third kappa shape index (κ3) is 3.68. The summed E-state index contributed by atoms with van der Waals surface area (Å²) in [6, 6.07) is -0.336. The van der Waals surface area contributed by atoms with Crippen LogP contribution in [0.2, 0.25) is 0 Å². The van der Waals surface area contributed by atoms with Crippen molar-refractivity contribution in [1.29, 1.82) is 0 Å². The maximum atomic E-state index is 11.8. The molecule has 2 aliphatic rings. The minimum absolute atomic E-state index is 0.140. The molecule has 2 aliphatic heterocycles. The maximum absolute atomic E-state index is 11.8. The molecule has 102 valence electrons. The molecule has 0 bridgehead atoms. The fourth-order valence-electron chi connectivity index (χ4n) is 2.45. The Hall–Kier alpha value is -1.14. The van der Waals surface area contributed by atoms with Crippen LogP contribution in [0.25, 0.3) is 0 Å². The van der Waals surface area contributed by atoms with Gasteiger partial charge in [-0.05, 0) is 38.8 Å². The van der Waals surface area contributed by atoms with E-state index in [9.17, 15) is 9.59 Å². The molecule has 2 atom stereocenters. The summed E-state index contributed by atoms with van der Waals surface area (Å²) in [6.07, 6.45) is 6.02. The van der Waals surface area contributed by atoms with Gasteiger partial charge in [-0.25, -0.2) is 0 Å². The average molecular weight is 254 g/mol. The summed E-state index contributed by atoms with van der Waals surface area (Å²) < 4.78 is 0. The standard InChI is InChI=1S/C12H22N4O2/c17-11(9-5-1-3-7-13-9)15-16-12(18)10-6-2-4-8-14-10/h9-10,13-14H,1-8H2,(H,15,17)(H,16,18). The summed E-state index contributed by atoms with van der Waals surface area (Å²) in [5.74, 6) is -0.280. The van der Waals surface area contributed by atoms with Crippen LogP contribution in [0.3, 0.4) is 0 Å². The van der Waals surface area contributed by atoms with Crippen LogP contribution in [0.1, 0.15) is 38.5 Å². The lowest BCUT2D eigenvalue weighted by atomic mass is 10.0. The van der Waals surface area contributed by atoms with Crippen molar-refractivity contribution in [3.63, 3.8) is 0 Å². The van der Waals surface area contributed by atoms with Crippen molar-refractivity contribution in [1.82, 2.24) is 21.5 Å². The van der Waals surface area contributed by atoms with Gasteiger partial charge in [-0.1, -0.05) is 12.8 Å². The Balaban J connectivity index is 1.69. The molecule has 2 unspecified atom stereocenters. The first-order valence-corrected chi connectivity index (χ1v) is 6.84. The minimum Gasteiger partial charge on any atom is -0.306 e. The molecule has 0 aliphatic carbocycles. The van der Waals surface area contributed by atoms with Gasteiger partial charge < -0.3 is 10.6 Å². The van der Waals surface area contributed by atoms with Gasteiger partial charge in [0.25, 0.3) is 11.8 Å². The number of hydrogen-bond donors (Lipinski definition) is 4. The summed E-state index contributed by atoms with van der Waals surface area (Å²) in [7, 11) is 0. The second-order valence-corrected chi connectivity index (χ2v) is 4.98. The van der Waals surface area contributed by atoms with Gasteiger partial charge >= 0.3 is 0 Å². The van der Waals surface area contributed by atoms with Crippen molar-refractivity contribution in [2.45, 2.75) is 50.6 Å². The van der Waals surface area contributed by atoms with Gasteiger partial charge in [0.05, 0.1) is 12.1 Å². The zero-order valence-electron chi connectivity index (χ0n) is 10.6. The Morgan fingerprint density at radius 3 is 1.56 bits per heavy atom. The Kier molecular flexibility index (Phi) is 4.95. The highest BCUT2D eigenvalue weighted by atomic mass is 16.2. The quantitative estimate of drug-likeness (QED) is 0.497. The second-order valence-electron chi connectivity index (χ2n) is 4.98. The number of rotatable bonds is 2. The number of carbonyl (C=O) groups excluding carboxylic acids is 2. The van der Waals surface area contributed by atoms with Crippen LogP contribution in [-0.4, -0.2) is 37.0 Å². The van der Waals surface area contributed by atoms with Crippen molar-refractivity contribution in [2.24, 2.45) is 0 Å². The van der Waals surface area contributed by atoms with Gasteiger partial charge in [-0.2, -0.15) is 0 Å². The molecule has 0 aromatic heterocycles. The first kappa shape index (κ1) is 13.3. The van der Waals surface area contributed by atoms with Crippen molar-refractivity contribution in [3.8, 4) is 0 Å². The third-order valence-electron chi connectivity index (χ3n) is 3.56. The fraction of sp³-hybridized carbons (Fsp3) is 0.833. The molecule has 0 spiro atoms. The normalized spacial score (nSPS) is 28.4. The molecule has 0 aromatic carbocycles. The molecule has 0 aromatic rings. The van der Waals surface area contributed by atoms with Crippen LogP contribution in [0.5, 0.6) is 0 Å². The molecule has 2 saturated heterocycles. The number of piperidine rings is 2. The largest absolute Gasteiger partial charge is 0.306 e. The van der Waals surface area contributed by atoms with Crippen LogP contribution < -0.4 is 21.5 Å². The van der Waals surface area contributed by atoms with Gasteiger partial charge in [-0.15, -0.1) is 0 Å². The van der Waals surface area contributed by atoms with E-state index in [0.29, 0.717) is 0 Å². The van der Waals surface area contributed by atoms with Gasteiger partial charge in [0.2, 0.25) is 0 Å². The Morgan fingerprint density at radius 1 is 0.778 bits per heavy atom. The van der Waals surface area contributed by atoms with Crippen LogP contribution >= 0.6 is 0 Å². The summed E-state index contributed by atoms with van der Waals surface area (Å²) in [5.41, 5.74) is 5.02. The third-order valence-corrected chi connectivity index (χ3v) is 3.56. The Bertz CT molecular complexity index is 266. The van der Waals surface area contributed by atoms with E-state index in [-0.39, 0.29) is 23.9 Å². The Morgan fingerprint density at radius 2 is 1.22 bits per heavy atom. The monoisotopic (exact) mass is 254 g/mol. The van der Waals surface area contributed by atoms with E-state index in [2.05, 4.69) is 21.5 Å². The van der Waals surface area contributed by atoms with Crippen LogP contribution in [0, 0.1) is 0 Å². The summed E-state index contributed by atoms with van der Waals surface area (Å²) in [4.78, 5) is 23.6. The van der Waals surface area contributed by atoms with Crippen molar-refractivity contribution in [2.75, 3.05) is 13.1 Å². The van der Waals surface area contributed by atoms with Gasteiger partial charge in [0.15, 0.2) is 0 Å². The Labute approximate surface area is 107 Å². The van der Waals surface area contributed by atoms with Crippen molar-refractivity contribution < 1.29 is 9.59 Å². The highest BCUT2D eigenvalue weighted by molar-refractivity contribution is 5.87. The molecule has 18 heavy (non-hydrogen) atoms. The molecule has 2 heterocycles. The molecule has 0 saturated carbocycles. The van der Waals surface area contributed by atoms with E-state index in [1.807, 2.05) is 0 Å². The number of carbonyl (C=O) groups is 2. The van der Waals surface area contributed by atoms with Gasteiger partial charge in [-0.3, -0.25) is 20.4 Å². The summed E-state index contributed by atoms with van der Waals surface area (Å²) in [6.45, 7) is 1.74. The highest BCUT2D eigenvalue weighted by Crippen LogP contribution is 2.07. The molecule has 0 radical (unpaired) electrons. The number of hydrazine groups is 1. The highest BCUT2D eigenvalue weighted by Gasteiger charge is 2.23. The lowest BCUT2D eigenvalue weighted by Crippen LogP contribution is -2.56. The van der Waals surface area contributed by atoms with E-state index in [0.717, 1.165) is 51.6 Å². The summed E-state index contributed by atoms with van der Waals surface area (Å²) in [5, 5.41) is 6.29. The fourth-order valence-corrected chi connectivity index (χ4v) is 2.45. The minimum atomic E-state index is -0.168. The van der Waals surface area contributed by atoms with Crippen LogP contribution in [0.15, 0.2) is 0 Å². The molecule has 2 fully saturated rings. The predicted octanol–water partition coefficient (Wildman–Crippen LogP) is -0.582.